The second-order valence-corrected chi connectivity index (χ2v) is 7.41. The molecule has 1 fully saturated rings. The molecule has 0 spiro atoms. The number of aryl methyl sites for hydroxylation is 1. The van der Waals surface area contributed by atoms with Gasteiger partial charge in [-0.05, 0) is 31.9 Å². The van der Waals surface area contributed by atoms with E-state index in [2.05, 4.69) is 57.1 Å². The average molecular weight is 374 g/mol. The molecule has 1 atom stereocenters. The fraction of sp³-hybridized carbons (Fsp3) is 0.348. The van der Waals surface area contributed by atoms with Crippen molar-refractivity contribution >= 4 is 0 Å². The summed E-state index contributed by atoms with van der Waals surface area (Å²) in [4.78, 5) is 16.0. The van der Waals surface area contributed by atoms with Crippen LogP contribution in [0.25, 0.3) is 11.4 Å². The quantitative estimate of drug-likeness (QED) is 0.625. The maximum absolute atomic E-state index is 5.85. The van der Waals surface area contributed by atoms with Crippen LogP contribution in [0.4, 0.5) is 0 Å². The molecule has 3 aromatic rings. The zero-order chi connectivity index (χ0) is 19.2. The number of aromatic nitrogens is 3. The van der Waals surface area contributed by atoms with Gasteiger partial charge in [0.1, 0.15) is 0 Å². The highest BCUT2D eigenvalue weighted by Crippen LogP contribution is 2.18. The largest absolute Gasteiger partial charge is 0.377 e. The Morgan fingerprint density at radius 2 is 1.82 bits per heavy atom. The predicted octanol–water partition coefficient (Wildman–Crippen LogP) is 4.03. The third-order valence-corrected chi connectivity index (χ3v) is 5.02. The van der Waals surface area contributed by atoms with E-state index in [0.717, 1.165) is 61.7 Å². The standard InChI is InChI=1S/C23H26N4O/c1-18-7-9-20(10-8-18)23-25-13-19(14-26-23)15-27(17-22-6-4-12-28-22)16-21-5-2-3-11-24-21/h2-3,5,7-11,13-14,22H,4,6,12,15-17H2,1H3/t22-/m0/s1. The number of rotatable bonds is 7. The van der Waals surface area contributed by atoms with Crippen LogP contribution in [0.3, 0.4) is 0 Å². The molecule has 1 aromatic carbocycles. The van der Waals surface area contributed by atoms with Crippen LogP contribution in [0.5, 0.6) is 0 Å². The first-order chi connectivity index (χ1) is 13.8. The maximum atomic E-state index is 5.85. The van der Waals surface area contributed by atoms with Gasteiger partial charge in [-0.3, -0.25) is 9.88 Å². The van der Waals surface area contributed by atoms with Crippen molar-refractivity contribution in [3.63, 3.8) is 0 Å². The van der Waals surface area contributed by atoms with Crippen molar-refractivity contribution in [2.24, 2.45) is 0 Å². The normalized spacial score (nSPS) is 16.6. The molecule has 0 bridgehead atoms. The van der Waals surface area contributed by atoms with Gasteiger partial charge in [0.25, 0.3) is 0 Å². The smallest absolute Gasteiger partial charge is 0.159 e. The van der Waals surface area contributed by atoms with Crippen molar-refractivity contribution < 1.29 is 4.74 Å². The fourth-order valence-electron chi connectivity index (χ4n) is 3.53. The van der Waals surface area contributed by atoms with Gasteiger partial charge >= 0.3 is 0 Å². The first kappa shape index (κ1) is 18.7. The minimum atomic E-state index is 0.302. The summed E-state index contributed by atoms with van der Waals surface area (Å²) in [6, 6.07) is 14.4. The lowest BCUT2D eigenvalue weighted by Gasteiger charge is -2.24. The molecule has 0 unspecified atom stereocenters. The van der Waals surface area contributed by atoms with E-state index in [1.165, 1.54) is 5.56 Å². The van der Waals surface area contributed by atoms with E-state index in [1.807, 2.05) is 30.7 Å². The van der Waals surface area contributed by atoms with E-state index in [4.69, 9.17) is 4.74 Å². The summed E-state index contributed by atoms with van der Waals surface area (Å²) in [5.41, 5.74) is 4.45. The lowest BCUT2D eigenvalue weighted by atomic mass is 10.1. The number of pyridine rings is 1. The third kappa shape index (κ3) is 5.00. The van der Waals surface area contributed by atoms with Crippen LogP contribution < -0.4 is 0 Å². The van der Waals surface area contributed by atoms with Crippen molar-refractivity contribution in [2.45, 2.75) is 39.0 Å². The number of ether oxygens (including phenoxy) is 1. The van der Waals surface area contributed by atoms with Crippen LogP contribution >= 0.6 is 0 Å². The van der Waals surface area contributed by atoms with Gasteiger partial charge in [0.05, 0.1) is 11.8 Å². The lowest BCUT2D eigenvalue weighted by Crippen LogP contribution is -2.31. The molecule has 1 aliphatic rings. The Labute approximate surface area is 166 Å². The highest BCUT2D eigenvalue weighted by Gasteiger charge is 2.20. The Morgan fingerprint density at radius 3 is 2.50 bits per heavy atom. The number of benzene rings is 1. The molecule has 4 rings (SSSR count). The molecule has 0 amide bonds. The summed E-state index contributed by atoms with van der Waals surface area (Å²) in [6.45, 7) is 5.43. The third-order valence-electron chi connectivity index (χ3n) is 5.02. The van der Waals surface area contributed by atoms with Crippen LogP contribution in [0.2, 0.25) is 0 Å². The fourth-order valence-corrected chi connectivity index (χ4v) is 3.53. The van der Waals surface area contributed by atoms with Crippen LogP contribution in [-0.2, 0) is 17.8 Å². The SMILES string of the molecule is Cc1ccc(-c2ncc(CN(Cc3ccccn3)C[C@@H]3CCCO3)cn2)cc1. The van der Waals surface area contributed by atoms with E-state index < -0.39 is 0 Å². The Morgan fingerprint density at radius 1 is 1.00 bits per heavy atom. The Hall–Kier alpha value is -2.63. The molecule has 144 valence electrons. The highest BCUT2D eigenvalue weighted by molar-refractivity contribution is 5.54. The van der Waals surface area contributed by atoms with Gasteiger partial charge in [-0.2, -0.15) is 0 Å². The number of hydrogen-bond acceptors (Lipinski definition) is 5. The molecule has 5 heteroatoms. The van der Waals surface area contributed by atoms with Gasteiger partial charge in [-0.25, -0.2) is 9.97 Å². The summed E-state index contributed by atoms with van der Waals surface area (Å²) < 4.78 is 5.85. The van der Waals surface area contributed by atoms with Gasteiger partial charge in [-0.15, -0.1) is 0 Å². The van der Waals surface area contributed by atoms with Crippen LogP contribution in [-0.4, -0.2) is 39.1 Å². The summed E-state index contributed by atoms with van der Waals surface area (Å²) in [5.74, 6) is 0.763. The molecule has 5 nitrogen and oxygen atoms in total. The summed E-state index contributed by atoms with van der Waals surface area (Å²) in [6.07, 6.45) is 8.29. The van der Waals surface area contributed by atoms with Crippen molar-refractivity contribution in [2.75, 3.05) is 13.2 Å². The lowest BCUT2D eigenvalue weighted by molar-refractivity contribution is 0.0674. The maximum Gasteiger partial charge on any atom is 0.159 e. The number of nitrogens with zero attached hydrogens (tertiary/aromatic N) is 4. The van der Waals surface area contributed by atoms with Gasteiger partial charge in [-0.1, -0.05) is 35.9 Å². The zero-order valence-electron chi connectivity index (χ0n) is 16.3. The van der Waals surface area contributed by atoms with E-state index in [0.29, 0.717) is 6.10 Å². The summed E-state index contributed by atoms with van der Waals surface area (Å²) in [5, 5.41) is 0. The first-order valence-corrected chi connectivity index (χ1v) is 9.88. The zero-order valence-corrected chi connectivity index (χ0v) is 16.3. The van der Waals surface area contributed by atoms with Gasteiger partial charge in [0.15, 0.2) is 5.82 Å². The minimum Gasteiger partial charge on any atom is -0.377 e. The molecule has 1 aliphatic heterocycles. The molecular weight excluding hydrogens is 348 g/mol. The molecule has 28 heavy (non-hydrogen) atoms. The van der Waals surface area contributed by atoms with E-state index >= 15 is 0 Å². The Kier molecular flexibility index (Phi) is 6.04. The number of hydrogen-bond donors (Lipinski definition) is 0. The van der Waals surface area contributed by atoms with Crippen LogP contribution in [0.15, 0.2) is 61.1 Å². The molecule has 0 aliphatic carbocycles. The van der Waals surface area contributed by atoms with Gasteiger partial charge in [0, 0.05) is 56.0 Å². The van der Waals surface area contributed by atoms with E-state index in [9.17, 15) is 0 Å². The van der Waals surface area contributed by atoms with Crippen LogP contribution in [0, 0.1) is 6.92 Å². The Balaban J connectivity index is 1.46. The van der Waals surface area contributed by atoms with Gasteiger partial charge < -0.3 is 4.74 Å². The van der Waals surface area contributed by atoms with Gasteiger partial charge in [0.2, 0.25) is 0 Å². The Bertz CT molecular complexity index is 859. The summed E-state index contributed by atoms with van der Waals surface area (Å²) >= 11 is 0. The predicted molar refractivity (Wildman–Crippen MR) is 110 cm³/mol. The first-order valence-electron chi connectivity index (χ1n) is 9.88. The van der Waals surface area contributed by atoms with Crippen molar-refractivity contribution in [1.82, 2.24) is 19.9 Å². The van der Waals surface area contributed by atoms with E-state index in [-0.39, 0.29) is 0 Å². The average Bonchev–Trinajstić information content (AvgIpc) is 3.23. The monoisotopic (exact) mass is 374 g/mol. The molecule has 1 saturated heterocycles. The molecule has 0 saturated carbocycles. The second-order valence-electron chi connectivity index (χ2n) is 7.41. The molecular formula is C23H26N4O. The molecule has 2 aromatic heterocycles. The topological polar surface area (TPSA) is 51.1 Å². The van der Waals surface area contributed by atoms with Crippen molar-refractivity contribution in [3.8, 4) is 11.4 Å². The second kappa shape index (κ2) is 9.04. The molecule has 0 radical (unpaired) electrons. The molecule has 3 heterocycles. The highest BCUT2D eigenvalue weighted by atomic mass is 16.5. The minimum absolute atomic E-state index is 0.302. The van der Waals surface area contributed by atoms with Crippen molar-refractivity contribution in [3.05, 3.63) is 77.9 Å². The molecule has 0 N–H and O–H groups in total. The van der Waals surface area contributed by atoms with Crippen LogP contribution in [0.1, 0.15) is 29.7 Å². The van der Waals surface area contributed by atoms with Crippen molar-refractivity contribution in [1.29, 1.82) is 0 Å². The van der Waals surface area contributed by atoms with E-state index in [1.54, 1.807) is 0 Å². The summed E-state index contributed by atoms with van der Waals surface area (Å²) in [7, 11) is 0.